The summed E-state index contributed by atoms with van der Waals surface area (Å²) in [5.74, 6) is -13.2. The van der Waals surface area contributed by atoms with Crippen molar-refractivity contribution in [3.05, 3.63) is 47.7 Å². The highest BCUT2D eigenvalue weighted by atomic mass is 16.3. The molecule has 2 saturated carbocycles. The minimum absolute atomic E-state index is 0.157. The number of nitrogens with two attached hydrogens (primary N) is 1. The van der Waals surface area contributed by atoms with Crippen LogP contribution in [0.1, 0.15) is 35.2 Å². The first-order chi connectivity index (χ1) is 16.5. The summed E-state index contributed by atoms with van der Waals surface area (Å²) in [6.45, 7) is 1.66. The third kappa shape index (κ3) is 2.90. The summed E-state index contributed by atoms with van der Waals surface area (Å²) >= 11 is 0. The number of aromatic hydroxyl groups is 1. The Bertz CT molecular complexity index is 1320. The van der Waals surface area contributed by atoms with E-state index in [9.17, 15) is 39.3 Å². The van der Waals surface area contributed by atoms with E-state index in [-0.39, 0.29) is 5.56 Å². The third-order valence-electron chi connectivity index (χ3n) is 7.78. The number of carbonyl (C=O) groups is 5. The number of amides is 1. The number of nitrogens with zero attached hydrogens (tertiary/aromatic N) is 1. The number of ketones is 4. The molecule has 5 rings (SSSR count). The van der Waals surface area contributed by atoms with E-state index in [4.69, 9.17) is 5.73 Å². The molecule has 10 nitrogen and oxygen atoms in total. The molecule has 2 fully saturated rings. The summed E-state index contributed by atoms with van der Waals surface area (Å²) in [5, 5.41) is 33.2. The average Bonchev–Trinajstić information content (AvgIpc) is 2.82. The van der Waals surface area contributed by atoms with Crippen LogP contribution in [0.3, 0.4) is 0 Å². The predicted octanol–water partition coefficient (Wildman–Crippen LogP) is -0.0793. The van der Waals surface area contributed by atoms with Crippen molar-refractivity contribution in [1.29, 1.82) is 0 Å². The van der Waals surface area contributed by atoms with Gasteiger partial charge in [-0.15, -0.1) is 0 Å². The van der Waals surface area contributed by atoms with Crippen LogP contribution in [0.4, 0.5) is 0 Å². The third-order valence-corrected chi connectivity index (χ3v) is 7.78. The molecule has 7 atom stereocenters. The van der Waals surface area contributed by atoms with E-state index in [2.05, 4.69) is 4.98 Å². The van der Waals surface area contributed by atoms with Gasteiger partial charge in [-0.2, -0.15) is 0 Å². The number of phenols is 1. The largest absolute Gasteiger partial charge is 0.507 e. The standard InChI is InChI=1S/C25H22N2O8/c1-9-15-10(12-4-2-3-7-27-12)5-6-13(28)17(15)21(31)19-16(9)20(30)11-8-14(29)18(24(26)34)22(32)25(11,35)23(19)33/h2-7,9,11,16,18-20,28,30,35H,8H2,1H3,(H2,26,34)/t9-,11+,16+,18?,19?,20+,25+/m0/s1. The number of phenolic OH excluding ortho intramolecular Hbond substituents is 1. The number of aliphatic hydroxyl groups is 2. The van der Waals surface area contributed by atoms with E-state index in [0.717, 1.165) is 0 Å². The molecule has 1 aromatic heterocycles. The van der Waals surface area contributed by atoms with Gasteiger partial charge in [-0.05, 0) is 35.7 Å². The van der Waals surface area contributed by atoms with Gasteiger partial charge in [0.05, 0.1) is 23.3 Å². The summed E-state index contributed by atoms with van der Waals surface area (Å²) in [6, 6.07) is 8.04. The van der Waals surface area contributed by atoms with Gasteiger partial charge in [-0.3, -0.25) is 29.0 Å². The van der Waals surface area contributed by atoms with Crippen molar-refractivity contribution in [2.24, 2.45) is 29.4 Å². The SMILES string of the molecule is C[C@H]1c2c(-c3ccccn3)ccc(O)c2C(=O)C2C(=O)[C@]3(O)C(=O)C(C(N)=O)C(=O)C[C@@H]3[C@@H](O)[C@@H]21. The van der Waals surface area contributed by atoms with Gasteiger partial charge in [0.25, 0.3) is 0 Å². The zero-order valence-corrected chi connectivity index (χ0v) is 18.5. The average molecular weight is 478 g/mol. The highest BCUT2D eigenvalue weighted by Gasteiger charge is 2.70. The normalized spacial score (nSPS) is 34.1. The zero-order valence-electron chi connectivity index (χ0n) is 18.5. The highest BCUT2D eigenvalue weighted by molar-refractivity contribution is 6.31. The Morgan fingerprint density at radius 3 is 2.46 bits per heavy atom. The molecule has 3 aliphatic rings. The molecule has 2 aromatic rings. The second-order valence-corrected chi connectivity index (χ2v) is 9.44. The molecule has 0 aliphatic heterocycles. The molecule has 0 bridgehead atoms. The van der Waals surface area contributed by atoms with Gasteiger partial charge in [0, 0.05) is 30.0 Å². The van der Waals surface area contributed by atoms with Crippen molar-refractivity contribution >= 4 is 29.0 Å². The van der Waals surface area contributed by atoms with Crippen molar-refractivity contribution in [3.63, 3.8) is 0 Å². The number of carbonyl (C=O) groups excluding carboxylic acids is 5. The van der Waals surface area contributed by atoms with Crippen molar-refractivity contribution in [2.75, 3.05) is 0 Å². The van der Waals surface area contributed by atoms with Crippen LogP contribution >= 0.6 is 0 Å². The van der Waals surface area contributed by atoms with E-state index in [0.29, 0.717) is 16.8 Å². The Hall–Kier alpha value is -3.76. The van der Waals surface area contributed by atoms with Crippen LogP contribution in [0.5, 0.6) is 5.75 Å². The molecule has 10 heteroatoms. The Kier molecular flexibility index (Phi) is 5.01. The second-order valence-electron chi connectivity index (χ2n) is 9.44. The summed E-state index contributed by atoms with van der Waals surface area (Å²) in [6.07, 6.45) is -0.692. The van der Waals surface area contributed by atoms with Crippen LogP contribution < -0.4 is 5.73 Å². The van der Waals surface area contributed by atoms with Crippen LogP contribution in [-0.4, -0.2) is 61.0 Å². The lowest BCUT2D eigenvalue weighted by Gasteiger charge is -2.53. The maximum Gasteiger partial charge on any atom is 0.235 e. The Balaban J connectivity index is 1.71. The van der Waals surface area contributed by atoms with Crippen molar-refractivity contribution in [1.82, 2.24) is 4.98 Å². The molecule has 0 spiro atoms. The first kappa shape index (κ1) is 23.0. The van der Waals surface area contributed by atoms with Gasteiger partial charge in [-0.1, -0.05) is 13.0 Å². The predicted molar refractivity (Wildman–Crippen MR) is 118 cm³/mol. The molecule has 3 aliphatic carbocycles. The van der Waals surface area contributed by atoms with Crippen LogP contribution in [0, 0.1) is 23.7 Å². The summed E-state index contributed by atoms with van der Waals surface area (Å²) in [5.41, 5.74) is 3.47. The maximum atomic E-state index is 13.7. The van der Waals surface area contributed by atoms with E-state index in [1.807, 2.05) is 0 Å². The molecule has 0 radical (unpaired) electrons. The van der Waals surface area contributed by atoms with Gasteiger partial charge in [0.2, 0.25) is 5.91 Å². The lowest BCUT2D eigenvalue weighted by Crippen LogP contribution is -2.72. The number of pyridine rings is 1. The number of aromatic nitrogens is 1. The summed E-state index contributed by atoms with van der Waals surface area (Å²) in [7, 11) is 0. The fraction of sp³-hybridized carbons (Fsp3) is 0.360. The minimum atomic E-state index is -2.94. The van der Waals surface area contributed by atoms with Crippen LogP contribution in [-0.2, 0) is 19.2 Å². The molecule has 1 amide bonds. The first-order valence-corrected chi connectivity index (χ1v) is 11.1. The number of rotatable bonds is 2. The number of primary amides is 1. The second kappa shape index (κ2) is 7.62. The fourth-order valence-corrected chi connectivity index (χ4v) is 6.18. The lowest BCUT2D eigenvalue weighted by atomic mass is 9.50. The van der Waals surface area contributed by atoms with E-state index >= 15 is 0 Å². The lowest BCUT2D eigenvalue weighted by molar-refractivity contribution is -0.189. The summed E-state index contributed by atoms with van der Waals surface area (Å²) in [4.78, 5) is 68.9. The Morgan fingerprint density at radius 1 is 1.11 bits per heavy atom. The van der Waals surface area contributed by atoms with Crippen molar-refractivity contribution < 1.29 is 39.3 Å². The number of aliphatic hydroxyl groups excluding tert-OH is 1. The van der Waals surface area contributed by atoms with Crippen molar-refractivity contribution in [3.8, 4) is 17.0 Å². The van der Waals surface area contributed by atoms with E-state index in [1.165, 1.54) is 6.07 Å². The van der Waals surface area contributed by atoms with Crippen LogP contribution in [0.25, 0.3) is 11.3 Å². The zero-order chi connectivity index (χ0) is 25.4. The number of hydrogen-bond donors (Lipinski definition) is 4. The smallest absolute Gasteiger partial charge is 0.235 e. The number of hydrogen-bond acceptors (Lipinski definition) is 9. The maximum absolute atomic E-state index is 13.7. The first-order valence-electron chi connectivity index (χ1n) is 11.1. The molecule has 1 aromatic carbocycles. The molecule has 35 heavy (non-hydrogen) atoms. The fourth-order valence-electron chi connectivity index (χ4n) is 6.18. The van der Waals surface area contributed by atoms with Crippen LogP contribution in [0.2, 0.25) is 0 Å². The Morgan fingerprint density at radius 2 is 1.83 bits per heavy atom. The molecule has 5 N–H and O–H groups in total. The van der Waals surface area contributed by atoms with Gasteiger partial charge in [0.15, 0.2) is 34.7 Å². The van der Waals surface area contributed by atoms with Crippen LogP contribution in [0.15, 0.2) is 36.5 Å². The number of Topliss-reactive ketones (excluding diaryl/α,β-unsaturated/α-hetero) is 4. The molecular formula is C25H22N2O8. The van der Waals surface area contributed by atoms with Crippen molar-refractivity contribution in [2.45, 2.75) is 31.0 Å². The van der Waals surface area contributed by atoms with E-state index in [1.54, 1.807) is 37.4 Å². The van der Waals surface area contributed by atoms with E-state index < -0.39 is 82.5 Å². The molecule has 180 valence electrons. The molecule has 2 unspecified atom stereocenters. The topological polar surface area (TPSA) is 185 Å². The van der Waals surface area contributed by atoms with Gasteiger partial charge in [0.1, 0.15) is 5.75 Å². The summed E-state index contributed by atoms with van der Waals surface area (Å²) < 4.78 is 0. The number of benzene rings is 1. The minimum Gasteiger partial charge on any atom is -0.507 e. The highest BCUT2D eigenvalue weighted by Crippen LogP contribution is 2.55. The van der Waals surface area contributed by atoms with Gasteiger partial charge in [-0.25, -0.2) is 0 Å². The Labute approximate surface area is 198 Å². The van der Waals surface area contributed by atoms with Gasteiger partial charge < -0.3 is 21.1 Å². The molecule has 1 heterocycles. The molecule has 0 saturated heterocycles. The number of fused-ring (bicyclic) bond motifs is 3. The monoisotopic (exact) mass is 478 g/mol. The quantitative estimate of drug-likeness (QED) is 0.429. The van der Waals surface area contributed by atoms with Gasteiger partial charge >= 0.3 is 0 Å². The molecular weight excluding hydrogens is 456 g/mol.